The van der Waals surface area contributed by atoms with Crippen molar-refractivity contribution >= 4 is 67.0 Å². The fourth-order valence-corrected chi connectivity index (χ4v) is 7.78. The van der Waals surface area contributed by atoms with Crippen LogP contribution in [0.25, 0.3) is 0 Å². The molecule has 1 saturated heterocycles. The van der Waals surface area contributed by atoms with Crippen LogP contribution >= 0.6 is 43.5 Å². The van der Waals surface area contributed by atoms with Gasteiger partial charge in [0.1, 0.15) is 6.04 Å². The van der Waals surface area contributed by atoms with Gasteiger partial charge in [0.05, 0.1) is 11.8 Å². The lowest BCUT2D eigenvalue weighted by Gasteiger charge is -2.35. The Hall–Kier alpha value is -2.03. The highest BCUT2D eigenvalue weighted by Gasteiger charge is 2.68. The van der Waals surface area contributed by atoms with Gasteiger partial charge >= 0.3 is 0 Å². The number of carbonyl (C=O) groups excluding carboxylic acids is 4. The fraction of sp³-hybridized carbons (Fsp3) is 0.385. The Morgan fingerprint density at radius 2 is 1.40 bits per heavy atom. The van der Waals surface area contributed by atoms with E-state index in [9.17, 15) is 19.2 Å². The average Bonchev–Trinajstić information content (AvgIpc) is 3.45. The van der Waals surface area contributed by atoms with E-state index in [-0.39, 0.29) is 32.8 Å². The lowest BCUT2D eigenvalue weighted by atomic mass is 9.81. The summed E-state index contributed by atoms with van der Waals surface area (Å²) >= 11 is 13.4. The Morgan fingerprint density at radius 1 is 0.914 bits per heavy atom. The molecule has 0 aromatic heterocycles. The zero-order chi connectivity index (χ0) is 25.2. The largest absolute Gasteiger partial charge is 0.292 e. The highest BCUT2D eigenvalue weighted by molar-refractivity contribution is 9.12. The van der Waals surface area contributed by atoms with Gasteiger partial charge in [-0.1, -0.05) is 73.3 Å². The molecule has 1 aliphatic heterocycles. The Bertz CT molecular complexity index is 1190. The van der Waals surface area contributed by atoms with E-state index in [1.165, 1.54) is 12.1 Å². The molecule has 35 heavy (non-hydrogen) atoms. The minimum atomic E-state index is -1.08. The second kappa shape index (κ2) is 9.12. The number of alkyl halides is 2. The van der Waals surface area contributed by atoms with Crippen molar-refractivity contribution in [2.24, 2.45) is 23.7 Å². The van der Waals surface area contributed by atoms with Crippen molar-refractivity contribution in [3.05, 3.63) is 70.2 Å². The number of nitrogens with zero attached hydrogens (tertiary/aromatic N) is 2. The highest BCUT2D eigenvalue weighted by atomic mass is 79.9. The van der Waals surface area contributed by atoms with Gasteiger partial charge in [-0.05, 0) is 56.4 Å². The van der Waals surface area contributed by atoms with Gasteiger partial charge in [0.15, 0.2) is 5.78 Å². The van der Waals surface area contributed by atoms with Gasteiger partial charge in [0, 0.05) is 25.8 Å². The number of hydrogen-bond acceptors (Lipinski definition) is 4. The Morgan fingerprint density at radius 3 is 1.91 bits per heavy atom. The molecule has 2 bridgehead atoms. The fourth-order valence-electron chi connectivity index (χ4n) is 5.78. The second-order valence-corrected chi connectivity index (χ2v) is 12.1. The monoisotopic (exact) mass is 620 g/mol. The number of rotatable bonds is 5. The van der Waals surface area contributed by atoms with Crippen LogP contribution in [0.15, 0.2) is 48.5 Å². The number of ketones is 1. The van der Waals surface area contributed by atoms with Gasteiger partial charge in [-0.2, -0.15) is 5.01 Å². The quantitative estimate of drug-likeness (QED) is 0.266. The van der Waals surface area contributed by atoms with Crippen molar-refractivity contribution in [1.29, 1.82) is 0 Å². The number of carbonyl (C=O) groups is 4. The molecule has 0 spiro atoms. The van der Waals surface area contributed by atoms with E-state index in [1.807, 2.05) is 19.1 Å². The van der Waals surface area contributed by atoms with Crippen LogP contribution in [-0.2, 0) is 9.59 Å². The molecule has 2 aromatic carbocycles. The summed E-state index contributed by atoms with van der Waals surface area (Å²) in [7, 11) is 0. The average molecular weight is 623 g/mol. The first-order valence-electron chi connectivity index (χ1n) is 11.5. The third-order valence-corrected chi connectivity index (χ3v) is 11.0. The van der Waals surface area contributed by atoms with Crippen molar-refractivity contribution in [2.45, 2.75) is 36.0 Å². The highest BCUT2D eigenvalue weighted by Crippen LogP contribution is 2.60. The lowest BCUT2D eigenvalue weighted by molar-refractivity contribution is -0.157. The van der Waals surface area contributed by atoms with Crippen LogP contribution in [0.1, 0.15) is 39.6 Å². The predicted octanol–water partition coefficient (Wildman–Crippen LogP) is 5.05. The number of hydrogen-bond donors (Lipinski definition) is 0. The smallest absolute Gasteiger partial charge is 0.273 e. The summed E-state index contributed by atoms with van der Waals surface area (Å²) in [5.41, 5.74) is 1.62. The van der Waals surface area contributed by atoms with Gasteiger partial charge in [0.2, 0.25) is 0 Å². The van der Waals surface area contributed by atoms with E-state index in [0.717, 1.165) is 22.0 Å². The van der Waals surface area contributed by atoms with Crippen LogP contribution in [0.2, 0.25) is 5.02 Å². The predicted molar refractivity (Wildman–Crippen MR) is 138 cm³/mol. The van der Waals surface area contributed by atoms with E-state index in [0.29, 0.717) is 10.6 Å². The zero-order valence-corrected chi connectivity index (χ0v) is 23.0. The maximum absolute atomic E-state index is 13.8. The molecule has 0 unspecified atom stereocenters. The molecular formula is C26H23Br2ClN2O4. The Kier molecular flexibility index (Phi) is 6.43. The number of Topliss-reactive ketones (excluding diaryl/α,β-unsaturated/α-hetero) is 1. The molecule has 3 fully saturated rings. The van der Waals surface area contributed by atoms with Crippen LogP contribution in [0.5, 0.6) is 0 Å². The Balaban J connectivity index is 1.55. The number of amides is 3. The molecule has 2 saturated carbocycles. The van der Waals surface area contributed by atoms with Gasteiger partial charge in [-0.15, -0.1) is 0 Å². The molecule has 2 aromatic rings. The summed E-state index contributed by atoms with van der Waals surface area (Å²) < 4.78 is 0. The molecule has 0 radical (unpaired) electrons. The molecule has 2 aliphatic carbocycles. The molecule has 7 atom stereocenters. The zero-order valence-electron chi connectivity index (χ0n) is 19.0. The molecule has 3 aliphatic rings. The van der Waals surface area contributed by atoms with Gasteiger partial charge in [-0.3, -0.25) is 19.2 Å². The summed E-state index contributed by atoms with van der Waals surface area (Å²) in [5.74, 6) is -2.82. The molecule has 6 nitrogen and oxygen atoms in total. The first kappa shape index (κ1) is 24.7. The minimum Gasteiger partial charge on any atom is -0.292 e. The molecule has 5 rings (SSSR count). The van der Waals surface area contributed by atoms with E-state index < -0.39 is 35.6 Å². The van der Waals surface area contributed by atoms with E-state index in [4.69, 9.17) is 11.6 Å². The van der Waals surface area contributed by atoms with Crippen molar-refractivity contribution < 1.29 is 19.2 Å². The first-order chi connectivity index (χ1) is 16.6. The lowest BCUT2D eigenvalue weighted by Crippen LogP contribution is -2.56. The minimum absolute atomic E-state index is 0.00795. The van der Waals surface area contributed by atoms with Crippen molar-refractivity contribution in [2.75, 3.05) is 0 Å². The molecule has 182 valence electrons. The molecule has 1 heterocycles. The van der Waals surface area contributed by atoms with Crippen molar-refractivity contribution in [1.82, 2.24) is 10.0 Å². The van der Waals surface area contributed by atoms with Gasteiger partial charge in [0.25, 0.3) is 17.7 Å². The summed E-state index contributed by atoms with van der Waals surface area (Å²) in [5, 5.41) is 2.45. The number of hydrazine groups is 1. The van der Waals surface area contributed by atoms with Crippen LogP contribution < -0.4 is 0 Å². The summed E-state index contributed by atoms with van der Waals surface area (Å²) in [6.45, 7) is 3.47. The maximum Gasteiger partial charge on any atom is 0.273 e. The summed E-state index contributed by atoms with van der Waals surface area (Å²) in [6, 6.07) is 12.1. The van der Waals surface area contributed by atoms with Crippen LogP contribution in [0, 0.1) is 30.6 Å². The van der Waals surface area contributed by atoms with Crippen LogP contribution in [0.4, 0.5) is 0 Å². The number of fused-ring (bicyclic) bond motifs is 5. The molecule has 3 amide bonds. The number of aryl methyl sites for hydroxylation is 1. The van der Waals surface area contributed by atoms with Gasteiger partial charge in [-0.25, -0.2) is 5.01 Å². The second-order valence-electron chi connectivity index (χ2n) is 9.55. The van der Waals surface area contributed by atoms with Gasteiger partial charge < -0.3 is 0 Å². The molecular weight excluding hydrogens is 600 g/mol. The van der Waals surface area contributed by atoms with Crippen molar-refractivity contribution in [3.63, 3.8) is 0 Å². The molecule has 0 N–H and O–H groups in total. The standard InChI is InChI=1S/C26H23Br2ClN2O4/c1-12-3-5-14(6-4-12)23(32)13(2)30(24(33)15-7-9-16(29)10-8-15)31-25(34)19-17-11-18(20(19)26(31)35)22(28)21(17)27/h3-10,13,17-22H,11H2,1-2H3/t13-,17+,18+,19-,20+,21-,22-/m0/s1. The topological polar surface area (TPSA) is 74.8 Å². The Labute approximate surface area is 225 Å². The third kappa shape index (κ3) is 3.89. The number of imide groups is 1. The van der Waals surface area contributed by atoms with E-state index in [1.54, 1.807) is 31.2 Å². The summed E-state index contributed by atoms with van der Waals surface area (Å²) in [4.78, 5) is 54.8. The number of benzene rings is 2. The normalized spacial score (nSPS) is 29.9. The first-order valence-corrected chi connectivity index (χ1v) is 13.7. The van der Waals surface area contributed by atoms with Crippen LogP contribution in [0.3, 0.4) is 0 Å². The SMILES string of the molecule is Cc1ccc(C(=O)[C@H](C)N(C(=O)c2ccc(Cl)cc2)N2C(=O)[C@@H]3[C@H]4C[C@@H]([C@H](Br)[C@H]4Br)[C@@H]3C2=O)cc1. The third-order valence-electron chi connectivity index (χ3n) is 7.56. The maximum atomic E-state index is 13.8. The number of halogens is 3. The van der Waals surface area contributed by atoms with Crippen LogP contribution in [-0.4, -0.2) is 49.2 Å². The van der Waals surface area contributed by atoms with E-state index in [2.05, 4.69) is 31.9 Å². The van der Waals surface area contributed by atoms with Crippen molar-refractivity contribution in [3.8, 4) is 0 Å². The molecule has 9 heteroatoms. The summed E-state index contributed by atoms with van der Waals surface area (Å²) in [6.07, 6.45) is 0.773. The van der Waals surface area contributed by atoms with E-state index >= 15 is 0 Å².